The summed E-state index contributed by atoms with van der Waals surface area (Å²) >= 11 is 0. The van der Waals surface area contributed by atoms with Gasteiger partial charge in [0.25, 0.3) is 6.67 Å². The van der Waals surface area contributed by atoms with E-state index in [9.17, 15) is 17.6 Å². The monoisotopic (exact) mass is 128 g/mol. The van der Waals surface area contributed by atoms with E-state index in [1.54, 1.807) is 0 Å². The molecule has 0 nitrogen and oxygen atoms in total. The molecule has 0 aliphatic rings. The molecule has 4 heteroatoms. The van der Waals surface area contributed by atoms with Gasteiger partial charge in [0.2, 0.25) is 0 Å². The van der Waals surface area contributed by atoms with Crippen LogP contribution in [0.15, 0.2) is 0 Å². The summed E-state index contributed by atoms with van der Waals surface area (Å²) in [7, 11) is 0. The van der Waals surface area contributed by atoms with Crippen molar-refractivity contribution in [2.75, 3.05) is 0 Å². The van der Waals surface area contributed by atoms with Crippen molar-refractivity contribution in [2.45, 2.75) is 19.0 Å². The molecule has 0 aliphatic heterocycles. The van der Waals surface area contributed by atoms with Crippen LogP contribution in [0.5, 0.6) is 0 Å². The first-order valence-corrected chi connectivity index (χ1v) is 1.90. The van der Waals surface area contributed by atoms with Crippen molar-refractivity contribution >= 4 is 0 Å². The van der Waals surface area contributed by atoms with Gasteiger partial charge in [-0.25, -0.2) is 8.78 Å². The second kappa shape index (κ2) is 2.33. The van der Waals surface area contributed by atoms with E-state index in [2.05, 4.69) is 0 Å². The molecule has 2 radical (unpaired) electrons. The van der Waals surface area contributed by atoms with Crippen LogP contribution in [0.3, 0.4) is 0 Å². The number of rotatable bonds is 2. The Hall–Kier alpha value is -0.280. The maximum Gasteiger partial charge on any atom is 0.318 e. The Morgan fingerprint density at radius 2 is 1.88 bits per heavy atom. The third kappa shape index (κ3) is 1.68. The Labute approximate surface area is 44.5 Å². The zero-order valence-corrected chi connectivity index (χ0v) is 4.09. The molecule has 0 bridgehead atoms. The van der Waals surface area contributed by atoms with Crippen LogP contribution in [0, 0.1) is 6.67 Å². The number of hydrogen-bond acceptors (Lipinski definition) is 0. The van der Waals surface area contributed by atoms with Crippen molar-refractivity contribution < 1.29 is 17.6 Å². The molecule has 0 saturated carbocycles. The highest BCUT2D eigenvalue weighted by Gasteiger charge is 2.38. The standard InChI is InChI=1S/C4H4F4/c1-3(6)4(7,8)2-5/h3H,1H3. The fraction of sp³-hybridized carbons (Fsp3) is 0.750. The third-order valence-corrected chi connectivity index (χ3v) is 0.626. The predicted molar refractivity (Wildman–Crippen MR) is 19.9 cm³/mol. The molecule has 0 N–H and O–H groups in total. The molecule has 0 fully saturated rings. The number of hydrogen-bond donors (Lipinski definition) is 0. The normalized spacial score (nSPS) is 16.1. The summed E-state index contributed by atoms with van der Waals surface area (Å²) < 4.78 is 45.0. The molecule has 0 heterocycles. The van der Waals surface area contributed by atoms with Gasteiger partial charge in [-0.05, 0) is 6.92 Å². The molecule has 0 aliphatic carbocycles. The lowest BCUT2D eigenvalue weighted by molar-refractivity contribution is -0.0526. The maximum atomic E-state index is 11.4. The smallest absolute Gasteiger partial charge is 0.241 e. The molecule has 0 aromatic rings. The molecule has 0 amide bonds. The first kappa shape index (κ1) is 7.72. The number of alkyl halides is 3. The van der Waals surface area contributed by atoms with Gasteiger partial charge in [-0.2, -0.15) is 8.78 Å². The summed E-state index contributed by atoms with van der Waals surface area (Å²) in [5.74, 6) is -4.04. The topological polar surface area (TPSA) is 0 Å². The van der Waals surface area contributed by atoms with Gasteiger partial charge in [0.1, 0.15) is 0 Å². The van der Waals surface area contributed by atoms with E-state index in [1.165, 1.54) is 0 Å². The summed E-state index contributed by atoms with van der Waals surface area (Å²) in [5.41, 5.74) is 0. The lowest BCUT2D eigenvalue weighted by atomic mass is 10.3. The summed E-state index contributed by atoms with van der Waals surface area (Å²) in [6, 6.07) is 0. The average Bonchev–Trinajstić information content (AvgIpc) is 1.67. The molecule has 0 aromatic carbocycles. The van der Waals surface area contributed by atoms with Gasteiger partial charge in [-0.3, -0.25) is 0 Å². The molecule has 48 valence electrons. The molecule has 0 saturated heterocycles. The first-order chi connectivity index (χ1) is 3.50. The Balaban J connectivity index is 3.71. The summed E-state index contributed by atoms with van der Waals surface area (Å²) in [4.78, 5) is 0. The van der Waals surface area contributed by atoms with Gasteiger partial charge in [0, 0.05) is 0 Å². The fourth-order valence-electron chi connectivity index (χ4n) is 0.0752. The quantitative estimate of drug-likeness (QED) is 0.499. The minimum atomic E-state index is -4.04. The molecular formula is C4H4F4. The highest BCUT2D eigenvalue weighted by Crippen LogP contribution is 2.24. The van der Waals surface area contributed by atoms with Gasteiger partial charge in [-0.1, -0.05) is 0 Å². The van der Waals surface area contributed by atoms with Gasteiger partial charge >= 0.3 is 5.92 Å². The minimum Gasteiger partial charge on any atom is -0.241 e. The molecule has 1 unspecified atom stereocenters. The zero-order chi connectivity index (χ0) is 6.78. The molecule has 0 aromatic heterocycles. The van der Waals surface area contributed by atoms with Crippen molar-refractivity contribution in [1.29, 1.82) is 0 Å². The summed E-state index contributed by atoms with van der Waals surface area (Å²) in [5, 5.41) is 0. The molecular weight excluding hydrogens is 124 g/mol. The average molecular weight is 128 g/mol. The van der Waals surface area contributed by atoms with Crippen LogP contribution >= 0.6 is 0 Å². The highest BCUT2D eigenvalue weighted by atomic mass is 19.3. The predicted octanol–water partition coefficient (Wildman–Crippen LogP) is 1.99. The van der Waals surface area contributed by atoms with Crippen LogP contribution in [-0.4, -0.2) is 12.1 Å². The van der Waals surface area contributed by atoms with Crippen LogP contribution in [0.2, 0.25) is 0 Å². The largest absolute Gasteiger partial charge is 0.318 e. The first-order valence-electron chi connectivity index (χ1n) is 1.90. The van der Waals surface area contributed by atoms with Gasteiger partial charge in [0.05, 0.1) is 0 Å². The fourth-order valence-corrected chi connectivity index (χ4v) is 0.0752. The van der Waals surface area contributed by atoms with Crippen LogP contribution < -0.4 is 0 Å². The molecule has 1 atom stereocenters. The lowest BCUT2D eigenvalue weighted by Gasteiger charge is -2.09. The highest BCUT2D eigenvalue weighted by molar-refractivity contribution is 4.80. The van der Waals surface area contributed by atoms with Crippen LogP contribution in [0.1, 0.15) is 6.92 Å². The van der Waals surface area contributed by atoms with Crippen molar-refractivity contribution in [3.8, 4) is 0 Å². The van der Waals surface area contributed by atoms with Gasteiger partial charge in [0.15, 0.2) is 6.17 Å². The van der Waals surface area contributed by atoms with E-state index in [0.717, 1.165) is 0 Å². The van der Waals surface area contributed by atoms with E-state index in [0.29, 0.717) is 6.92 Å². The molecule has 0 rings (SSSR count). The van der Waals surface area contributed by atoms with Crippen LogP contribution in [-0.2, 0) is 0 Å². The molecule has 8 heavy (non-hydrogen) atoms. The summed E-state index contributed by atoms with van der Waals surface area (Å²) in [6.07, 6.45) is -2.51. The maximum absolute atomic E-state index is 11.4. The van der Waals surface area contributed by atoms with E-state index in [4.69, 9.17) is 0 Å². The van der Waals surface area contributed by atoms with E-state index < -0.39 is 12.1 Å². The second-order valence-electron chi connectivity index (χ2n) is 1.33. The zero-order valence-electron chi connectivity index (χ0n) is 4.09. The SMILES string of the molecule is CC(F)C(F)(F)[C]F. The Morgan fingerprint density at radius 3 is 1.88 bits per heavy atom. The van der Waals surface area contributed by atoms with Crippen molar-refractivity contribution in [3.05, 3.63) is 6.67 Å². The van der Waals surface area contributed by atoms with Gasteiger partial charge in [-0.15, -0.1) is 0 Å². The Morgan fingerprint density at radius 1 is 1.50 bits per heavy atom. The van der Waals surface area contributed by atoms with Crippen molar-refractivity contribution in [2.24, 2.45) is 0 Å². The van der Waals surface area contributed by atoms with E-state index in [1.807, 2.05) is 0 Å². The lowest BCUT2D eigenvalue weighted by Crippen LogP contribution is -2.25. The van der Waals surface area contributed by atoms with Crippen molar-refractivity contribution in [1.82, 2.24) is 0 Å². The Bertz CT molecular complexity index is 68.4. The third-order valence-electron chi connectivity index (χ3n) is 0.626. The summed E-state index contributed by atoms with van der Waals surface area (Å²) in [6.45, 7) is 0.594. The van der Waals surface area contributed by atoms with Gasteiger partial charge < -0.3 is 0 Å². The van der Waals surface area contributed by atoms with E-state index >= 15 is 0 Å². The number of halogens is 4. The van der Waals surface area contributed by atoms with Crippen LogP contribution in [0.4, 0.5) is 17.6 Å². The molecule has 0 spiro atoms. The Kier molecular flexibility index (Phi) is 2.25. The van der Waals surface area contributed by atoms with Crippen LogP contribution in [0.25, 0.3) is 0 Å². The van der Waals surface area contributed by atoms with E-state index in [-0.39, 0.29) is 6.67 Å². The second-order valence-corrected chi connectivity index (χ2v) is 1.33. The minimum absolute atomic E-state index is 0.0324. The van der Waals surface area contributed by atoms with Crippen molar-refractivity contribution in [3.63, 3.8) is 0 Å².